The van der Waals surface area contributed by atoms with Crippen molar-refractivity contribution < 1.29 is 19.4 Å². The van der Waals surface area contributed by atoms with Crippen LogP contribution in [-0.2, 0) is 4.74 Å². The molecule has 0 radical (unpaired) electrons. The van der Waals surface area contributed by atoms with Crippen molar-refractivity contribution in [1.82, 2.24) is 9.88 Å². The van der Waals surface area contributed by atoms with Crippen molar-refractivity contribution in [3.8, 4) is 0 Å². The topological polar surface area (TPSA) is 105 Å². The van der Waals surface area contributed by atoms with E-state index in [0.717, 1.165) is 6.42 Å². The number of nitrogens with one attached hydrogen (secondary N) is 1. The first-order valence-corrected chi connectivity index (χ1v) is 9.41. The van der Waals surface area contributed by atoms with E-state index >= 15 is 0 Å². The van der Waals surface area contributed by atoms with Gasteiger partial charge in [0.15, 0.2) is 0 Å². The van der Waals surface area contributed by atoms with Crippen LogP contribution in [0.4, 0.5) is 10.6 Å². The second-order valence-electron chi connectivity index (χ2n) is 7.59. The molecule has 0 saturated heterocycles. The Morgan fingerprint density at radius 3 is 2.50 bits per heavy atom. The summed E-state index contributed by atoms with van der Waals surface area (Å²) in [6, 6.07) is 1.14. The monoisotopic (exact) mass is 412 g/mol. The largest absolute Gasteiger partial charge is 0.477 e. The molecule has 0 fully saturated rings. The maximum Gasteiger partial charge on any atom is 0.407 e. The molecule has 1 rings (SSSR count). The number of aromatic carboxylic acids is 1. The van der Waals surface area contributed by atoms with E-state index in [1.165, 1.54) is 6.07 Å². The van der Waals surface area contributed by atoms with Crippen LogP contribution in [0.15, 0.2) is 16.1 Å². The molecule has 8 nitrogen and oxygen atoms in total. The molecule has 9 heteroatoms. The lowest BCUT2D eigenvalue weighted by atomic mass is 9.98. The number of hydrogen-bond acceptors (Lipinski definition) is 4. The number of carboxylic acid groups (broad SMARTS) is 1. The number of ether oxygens (including phenoxy) is 1. The zero-order chi connectivity index (χ0) is 21.6. The lowest BCUT2D eigenvalue weighted by Gasteiger charge is -2.28. The Kier molecular flexibility index (Phi) is 8.23. The van der Waals surface area contributed by atoms with Gasteiger partial charge in [-0.15, -0.1) is 0 Å². The number of alkyl carbamates (subject to hydrolysis) is 1. The van der Waals surface area contributed by atoms with Crippen LogP contribution in [0.25, 0.3) is 0 Å². The third-order valence-electron chi connectivity index (χ3n) is 4.23. The second kappa shape index (κ2) is 9.73. The number of carbonyl (C=O) groups is 2. The van der Waals surface area contributed by atoms with Crippen LogP contribution in [0, 0.1) is 12.8 Å². The molecule has 2 N–H and O–H groups in total. The van der Waals surface area contributed by atoms with Crippen LogP contribution in [0.2, 0.25) is 0 Å². The van der Waals surface area contributed by atoms with E-state index in [-0.39, 0.29) is 29.5 Å². The molecule has 1 unspecified atom stereocenters. The van der Waals surface area contributed by atoms with Crippen molar-refractivity contribution >= 4 is 41.5 Å². The van der Waals surface area contributed by atoms with E-state index in [4.69, 9.17) is 16.3 Å². The van der Waals surface area contributed by atoms with Crippen LogP contribution < -0.4 is 5.32 Å². The molecule has 2 atom stereocenters. The number of halogens is 1. The number of aryl methyl sites for hydroxylation is 1. The summed E-state index contributed by atoms with van der Waals surface area (Å²) in [5.74, 6) is -0.701. The van der Waals surface area contributed by atoms with Gasteiger partial charge in [0, 0.05) is 6.54 Å². The Labute approximate surface area is 170 Å². The van der Waals surface area contributed by atoms with Crippen LogP contribution in [-0.4, -0.2) is 45.9 Å². The predicted molar refractivity (Wildman–Crippen MR) is 111 cm³/mol. The fraction of sp³-hybridized carbons (Fsp3) is 0.579. The minimum absolute atomic E-state index is 0.0317. The molecule has 28 heavy (non-hydrogen) atoms. The first-order valence-electron chi connectivity index (χ1n) is 9.04. The van der Waals surface area contributed by atoms with Crippen LogP contribution >= 0.6 is 11.6 Å². The van der Waals surface area contributed by atoms with Gasteiger partial charge in [-0.1, -0.05) is 20.3 Å². The fourth-order valence-electron chi connectivity index (χ4n) is 2.73. The number of hydrogen-bond donors (Lipinski definition) is 2. The highest BCUT2D eigenvalue weighted by molar-refractivity contribution is 6.65. The third-order valence-corrected chi connectivity index (χ3v) is 4.43. The highest BCUT2D eigenvalue weighted by Gasteiger charge is 2.28. The average Bonchev–Trinajstić information content (AvgIpc) is 2.90. The Bertz CT molecular complexity index is 765. The molecule has 0 aromatic carbocycles. The Balaban J connectivity index is 3.39. The molecule has 1 amide bonds. The van der Waals surface area contributed by atoms with Crippen molar-refractivity contribution in [3.05, 3.63) is 17.3 Å². The van der Waals surface area contributed by atoms with E-state index in [1.807, 2.05) is 13.8 Å². The minimum Gasteiger partial charge on any atom is -0.477 e. The number of carboxylic acids is 1. The van der Waals surface area contributed by atoms with Crippen LogP contribution in [0.3, 0.4) is 0 Å². The number of amidine groups is 1. The van der Waals surface area contributed by atoms with Crippen molar-refractivity contribution in [1.29, 1.82) is 0 Å². The fourth-order valence-corrected chi connectivity index (χ4v) is 2.81. The second-order valence-corrected chi connectivity index (χ2v) is 7.92. The van der Waals surface area contributed by atoms with Crippen molar-refractivity contribution in [2.75, 3.05) is 6.54 Å². The zero-order valence-electron chi connectivity index (χ0n) is 17.2. The van der Waals surface area contributed by atoms with Crippen LogP contribution in [0.1, 0.15) is 63.1 Å². The summed E-state index contributed by atoms with van der Waals surface area (Å²) in [7, 11) is 0. The van der Waals surface area contributed by atoms with Gasteiger partial charge in [0.2, 0.25) is 5.29 Å². The number of rotatable bonds is 7. The highest BCUT2D eigenvalue weighted by Crippen LogP contribution is 2.33. The molecule has 156 valence electrons. The quantitative estimate of drug-likeness (QED) is 0.389. The van der Waals surface area contributed by atoms with E-state index in [1.54, 1.807) is 32.3 Å². The van der Waals surface area contributed by atoms with Gasteiger partial charge in [-0.2, -0.15) is 0 Å². The molecule has 0 aliphatic heterocycles. The van der Waals surface area contributed by atoms with E-state index in [2.05, 4.69) is 22.0 Å². The summed E-state index contributed by atoms with van der Waals surface area (Å²) in [6.45, 7) is 14.5. The molecular formula is C19H29ClN4O4. The summed E-state index contributed by atoms with van der Waals surface area (Å²) in [5, 5.41) is 12.3. The lowest BCUT2D eigenvalue weighted by molar-refractivity contribution is 0.0515. The first-order chi connectivity index (χ1) is 12.9. The van der Waals surface area contributed by atoms with Crippen molar-refractivity contribution in [3.63, 3.8) is 0 Å². The molecule has 0 saturated carbocycles. The van der Waals surface area contributed by atoms with Gasteiger partial charge in [-0.25, -0.2) is 19.6 Å². The molecule has 0 bridgehead atoms. The number of carbonyl (C=O) groups excluding carboxylic acids is 1. The maximum absolute atomic E-state index is 12.1. The molecule has 0 aliphatic rings. The summed E-state index contributed by atoms with van der Waals surface area (Å²) >= 11 is 5.92. The third kappa shape index (κ3) is 6.37. The molecular weight excluding hydrogens is 384 g/mol. The molecule has 1 aromatic heterocycles. The highest BCUT2D eigenvalue weighted by atomic mass is 35.5. The molecule has 1 aromatic rings. The number of nitrogens with zero attached hydrogens (tertiary/aromatic N) is 3. The minimum atomic E-state index is -1.10. The SMILES string of the molecule is C=NC(Cl)=Nc1c(C)cc(C(=O)O)n1[C@H](CNC(=O)OC(C)(C)C)C(C)CC. The standard InChI is InChI=1S/C19H29ClN4O4/c1-8-11(2)14(10-22-18(27)28-19(4,5)6)24-13(16(25)26)9-12(3)15(24)23-17(20)21-7/h9,11,14H,7-8,10H2,1-6H3,(H,22,27)(H,25,26)/t11?,14-/m1/s1. The Hall–Kier alpha value is -2.35. The van der Waals surface area contributed by atoms with Crippen molar-refractivity contribution in [2.24, 2.45) is 15.9 Å². The van der Waals surface area contributed by atoms with Crippen molar-refractivity contribution in [2.45, 2.75) is 59.6 Å². The summed E-state index contributed by atoms with van der Waals surface area (Å²) < 4.78 is 6.87. The normalized spacial score (nSPS) is 14.3. The van der Waals surface area contributed by atoms with E-state index in [9.17, 15) is 14.7 Å². The molecule has 0 aliphatic carbocycles. The van der Waals surface area contributed by atoms with E-state index < -0.39 is 17.7 Å². The van der Waals surface area contributed by atoms with Gasteiger partial charge in [0.25, 0.3) is 0 Å². The summed E-state index contributed by atoms with van der Waals surface area (Å²) in [5.41, 5.74) is 0.0519. The van der Waals surface area contributed by atoms with Gasteiger partial charge in [-0.3, -0.25) is 0 Å². The van der Waals surface area contributed by atoms with Gasteiger partial charge in [0.1, 0.15) is 17.1 Å². The van der Waals surface area contributed by atoms with Gasteiger partial charge in [0.05, 0.1) is 6.04 Å². The maximum atomic E-state index is 12.1. The zero-order valence-corrected chi connectivity index (χ0v) is 18.0. The average molecular weight is 413 g/mol. The Morgan fingerprint density at radius 1 is 1.43 bits per heavy atom. The summed E-state index contributed by atoms with van der Waals surface area (Å²) in [4.78, 5) is 31.7. The number of amides is 1. The molecule has 0 spiro atoms. The molecule has 1 heterocycles. The lowest BCUT2D eigenvalue weighted by Crippen LogP contribution is -2.38. The van der Waals surface area contributed by atoms with Gasteiger partial charge >= 0.3 is 12.1 Å². The van der Waals surface area contributed by atoms with Crippen LogP contribution in [0.5, 0.6) is 0 Å². The predicted octanol–water partition coefficient (Wildman–Crippen LogP) is 4.53. The smallest absolute Gasteiger partial charge is 0.407 e. The first kappa shape index (κ1) is 23.7. The summed E-state index contributed by atoms with van der Waals surface area (Å²) in [6.07, 6.45) is 0.186. The van der Waals surface area contributed by atoms with E-state index in [0.29, 0.717) is 11.4 Å². The Morgan fingerprint density at radius 2 is 2.04 bits per heavy atom. The number of aromatic nitrogens is 1. The van der Waals surface area contributed by atoms with Gasteiger partial charge in [-0.05, 0) is 63.6 Å². The number of aliphatic imine (C=N–C) groups is 2. The van der Waals surface area contributed by atoms with Gasteiger partial charge < -0.3 is 19.7 Å².